The Labute approximate surface area is 178 Å². The summed E-state index contributed by atoms with van der Waals surface area (Å²) in [6.07, 6.45) is -0.615. The van der Waals surface area contributed by atoms with Gasteiger partial charge in [0.25, 0.3) is 5.92 Å². The van der Waals surface area contributed by atoms with E-state index in [1.165, 1.54) is 18.2 Å². The van der Waals surface area contributed by atoms with Crippen molar-refractivity contribution in [3.05, 3.63) is 34.6 Å². The zero-order chi connectivity index (χ0) is 22.5. The van der Waals surface area contributed by atoms with E-state index >= 15 is 0 Å². The fraction of sp³-hybridized carbons (Fsp3) is 0.632. The van der Waals surface area contributed by atoms with Crippen LogP contribution in [0.5, 0.6) is 0 Å². The minimum Gasteiger partial charge on any atom is -0.444 e. The van der Waals surface area contributed by atoms with E-state index in [4.69, 9.17) is 16.3 Å². The average molecular weight is 469 g/mol. The number of amides is 1. The predicted molar refractivity (Wildman–Crippen MR) is 106 cm³/mol. The second kappa shape index (κ2) is 7.87. The molecule has 1 saturated carbocycles. The van der Waals surface area contributed by atoms with Crippen molar-refractivity contribution in [2.75, 3.05) is 6.54 Å². The summed E-state index contributed by atoms with van der Waals surface area (Å²) in [7, 11) is -4.00. The number of hydrogen-bond donors (Lipinski definition) is 1. The molecule has 30 heavy (non-hydrogen) atoms. The summed E-state index contributed by atoms with van der Waals surface area (Å²) in [5, 5.41) is -0.927. The second-order valence-electron chi connectivity index (χ2n) is 8.69. The van der Waals surface area contributed by atoms with Crippen LogP contribution in [0.3, 0.4) is 0 Å². The maximum Gasteiger partial charge on any atom is 0.410 e. The molecule has 6 nitrogen and oxygen atoms in total. The van der Waals surface area contributed by atoms with E-state index in [2.05, 4.69) is 4.72 Å². The van der Waals surface area contributed by atoms with Crippen LogP contribution in [0.1, 0.15) is 39.2 Å². The molecule has 0 aromatic heterocycles. The van der Waals surface area contributed by atoms with Gasteiger partial charge in [-0.05, 0) is 51.7 Å². The third-order valence-corrected chi connectivity index (χ3v) is 7.19. The van der Waals surface area contributed by atoms with Crippen molar-refractivity contribution in [3.63, 3.8) is 0 Å². The van der Waals surface area contributed by atoms with Gasteiger partial charge in [-0.2, -0.15) is 0 Å². The quantitative estimate of drug-likeness (QED) is 0.714. The fourth-order valence-electron chi connectivity index (χ4n) is 3.40. The molecule has 1 aromatic rings. The first kappa shape index (κ1) is 23.1. The second-order valence-corrected chi connectivity index (χ2v) is 11.1. The molecule has 0 unspecified atom stereocenters. The molecule has 1 heterocycles. The molecule has 11 heteroatoms. The van der Waals surface area contributed by atoms with E-state index in [9.17, 15) is 26.4 Å². The highest BCUT2D eigenvalue weighted by Crippen LogP contribution is 2.38. The molecule has 2 aliphatic rings. The molecule has 1 N–H and O–H groups in total. The van der Waals surface area contributed by atoms with Gasteiger partial charge in [0.05, 0.1) is 22.9 Å². The zero-order valence-corrected chi connectivity index (χ0v) is 18.4. The first-order valence-corrected chi connectivity index (χ1v) is 11.5. The number of benzene rings is 1. The molecular formula is C19H24ClF3N2O4S. The number of nitrogens with one attached hydrogen (secondary N) is 1. The van der Waals surface area contributed by atoms with Crippen LogP contribution in [0.4, 0.5) is 18.0 Å². The first-order chi connectivity index (χ1) is 13.7. The molecule has 2 fully saturated rings. The molecule has 1 amide bonds. The molecule has 168 valence electrons. The highest BCUT2D eigenvalue weighted by molar-refractivity contribution is 7.90. The standard InChI is InChI=1S/C19H24ClF3N2O4S/c1-18(2,3)29-17(26)25-10-19(22,23)16(24-30(27,28)12-7-8-12)14(25)9-11-5-4-6-13(20)15(11)21/h4-6,12,14,16,24H,7-10H2,1-3H3/t14-,16+/m0/s1. The Balaban J connectivity index is 1.97. The van der Waals surface area contributed by atoms with E-state index in [1.807, 2.05) is 0 Å². The normalized spacial score (nSPS) is 24.2. The highest BCUT2D eigenvalue weighted by Gasteiger charge is 2.58. The lowest BCUT2D eigenvalue weighted by atomic mass is 9.99. The molecule has 3 rings (SSSR count). The average Bonchev–Trinajstić information content (AvgIpc) is 3.41. The van der Waals surface area contributed by atoms with Crippen LogP contribution in [0, 0.1) is 5.82 Å². The van der Waals surface area contributed by atoms with Crippen LogP contribution in [0.25, 0.3) is 0 Å². The Bertz CT molecular complexity index is 932. The Hall–Kier alpha value is -1.52. The van der Waals surface area contributed by atoms with E-state index < -0.39 is 57.3 Å². The summed E-state index contributed by atoms with van der Waals surface area (Å²) < 4.78 is 76.3. The van der Waals surface area contributed by atoms with Gasteiger partial charge in [-0.3, -0.25) is 4.90 Å². The van der Waals surface area contributed by atoms with Gasteiger partial charge in [0, 0.05) is 0 Å². The number of hydrogen-bond acceptors (Lipinski definition) is 4. The Morgan fingerprint density at radius 2 is 1.97 bits per heavy atom. The van der Waals surface area contributed by atoms with Gasteiger partial charge >= 0.3 is 6.09 Å². The molecule has 1 aliphatic carbocycles. The Kier molecular flexibility index (Phi) is 6.07. The minimum absolute atomic E-state index is 0.00521. The van der Waals surface area contributed by atoms with Crippen LogP contribution in [-0.4, -0.2) is 54.8 Å². The number of rotatable bonds is 5. The summed E-state index contributed by atoms with van der Waals surface area (Å²) in [6, 6.07) is 0.833. The predicted octanol–water partition coefficient (Wildman–Crippen LogP) is 3.73. The molecule has 1 saturated heterocycles. The lowest BCUT2D eigenvalue weighted by molar-refractivity contribution is -0.0123. The van der Waals surface area contributed by atoms with E-state index in [-0.39, 0.29) is 17.0 Å². The van der Waals surface area contributed by atoms with Gasteiger partial charge in [0.15, 0.2) is 0 Å². The topological polar surface area (TPSA) is 75.7 Å². The summed E-state index contributed by atoms with van der Waals surface area (Å²) in [4.78, 5) is 13.4. The van der Waals surface area contributed by atoms with Crippen LogP contribution < -0.4 is 4.72 Å². The Morgan fingerprint density at radius 1 is 1.33 bits per heavy atom. The Morgan fingerprint density at radius 3 is 2.53 bits per heavy atom. The van der Waals surface area contributed by atoms with Crippen molar-refractivity contribution in [1.82, 2.24) is 9.62 Å². The highest BCUT2D eigenvalue weighted by atomic mass is 35.5. The van der Waals surface area contributed by atoms with E-state index in [1.54, 1.807) is 20.8 Å². The summed E-state index contributed by atoms with van der Waals surface area (Å²) in [5.41, 5.74) is -0.960. The van der Waals surface area contributed by atoms with Crippen molar-refractivity contribution in [3.8, 4) is 0 Å². The molecule has 0 spiro atoms. The molecular weight excluding hydrogens is 445 g/mol. The largest absolute Gasteiger partial charge is 0.444 e. The van der Waals surface area contributed by atoms with E-state index in [0.717, 1.165) is 4.90 Å². The van der Waals surface area contributed by atoms with Crippen LogP contribution in [0.2, 0.25) is 5.02 Å². The molecule has 2 atom stereocenters. The molecule has 1 aliphatic heterocycles. The van der Waals surface area contributed by atoms with Crippen molar-refractivity contribution in [1.29, 1.82) is 0 Å². The maximum atomic E-state index is 14.9. The van der Waals surface area contributed by atoms with E-state index in [0.29, 0.717) is 12.8 Å². The number of likely N-dealkylation sites (tertiary alicyclic amines) is 1. The number of carbonyl (C=O) groups is 1. The molecule has 0 bridgehead atoms. The number of carbonyl (C=O) groups excluding carboxylic acids is 1. The number of halogens is 4. The van der Waals surface area contributed by atoms with Crippen LogP contribution >= 0.6 is 11.6 Å². The smallest absolute Gasteiger partial charge is 0.410 e. The van der Waals surface area contributed by atoms with Gasteiger partial charge in [-0.1, -0.05) is 23.7 Å². The number of ether oxygens (including phenoxy) is 1. The first-order valence-electron chi connectivity index (χ1n) is 9.53. The van der Waals surface area contributed by atoms with Crippen molar-refractivity contribution >= 4 is 27.7 Å². The molecule has 0 radical (unpaired) electrons. The maximum absolute atomic E-state index is 14.9. The third-order valence-electron chi connectivity index (χ3n) is 4.96. The van der Waals surface area contributed by atoms with Gasteiger partial charge in [0.1, 0.15) is 17.5 Å². The van der Waals surface area contributed by atoms with Gasteiger partial charge in [0.2, 0.25) is 10.0 Å². The van der Waals surface area contributed by atoms with Gasteiger partial charge in [-0.15, -0.1) is 0 Å². The number of sulfonamides is 1. The van der Waals surface area contributed by atoms with Gasteiger partial charge < -0.3 is 4.74 Å². The van der Waals surface area contributed by atoms with Crippen molar-refractivity contribution in [2.45, 2.75) is 68.9 Å². The SMILES string of the molecule is CC(C)(C)OC(=O)N1CC(F)(F)[C@H](NS(=O)(=O)C2CC2)[C@@H]1Cc1cccc(Cl)c1F. The third kappa shape index (κ3) is 5.03. The lowest BCUT2D eigenvalue weighted by Crippen LogP contribution is -2.53. The number of nitrogens with zero attached hydrogens (tertiary/aromatic N) is 1. The summed E-state index contributed by atoms with van der Waals surface area (Å²) >= 11 is 5.79. The zero-order valence-electron chi connectivity index (χ0n) is 16.8. The summed E-state index contributed by atoms with van der Waals surface area (Å²) in [6.45, 7) is 3.70. The number of alkyl halides is 2. The van der Waals surface area contributed by atoms with Crippen LogP contribution in [0.15, 0.2) is 18.2 Å². The summed E-state index contributed by atoms with van der Waals surface area (Å²) in [5.74, 6) is -4.37. The fourth-order valence-corrected chi connectivity index (χ4v) is 5.23. The van der Waals surface area contributed by atoms with Crippen molar-refractivity contribution in [2.24, 2.45) is 0 Å². The van der Waals surface area contributed by atoms with Crippen LogP contribution in [-0.2, 0) is 21.2 Å². The lowest BCUT2D eigenvalue weighted by Gasteiger charge is -2.30. The van der Waals surface area contributed by atoms with Gasteiger partial charge in [-0.25, -0.2) is 31.1 Å². The minimum atomic E-state index is -4.00. The monoisotopic (exact) mass is 468 g/mol. The van der Waals surface area contributed by atoms with Crippen molar-refractivity contribution < 1.29 is 31.1 Å². The molecule has 1 aromatic carbocycles.